The maximum Gasteiger partial charge on any atom is 0.147 e. The zero-order valence-electron chi connectivity index (χ0n) is 12.9. The Bertz CT molecular complexity index is 510. The summed E-state index contributed by atoms with van der Waals surface area (Å²) in [5.41, 5.74) is 5.53. The summed E-state index contributed by atoms with van der Waals surface area (Å²) in [7, 11) is 0. The maximum absolute atomic E-state index is 12.9. The minimum Gasteiger partial charge on any atom is -0.382 e. The molecule has 0 atom stereocenters. The normalized spacial score (nSPS) is 14.3. The molecule has 118 valence electrons. The highest BCUT2D eigenvalue weighted by Crippen LogP contribution is 2.17. The van der Waals surface area contributed by atoms with Crippen LogP contribution in [0.1, 0.15) is 13.8 Å². The first-order valence-corrected chi connectivity index (χ1v) is 7.41. The standard InChI is InChI=1S/C13H15FN6.C2H6/c14-10-1-2-12(17-7-10)19-3-5-20(6-4-19)13-9-16-11(15)8-18-13;1-2/h1-2,7-9H,3-6H2,(H2,15,16);1-2H3. The number of anilines is 3. The van der Waals surface area contributed by atoms with Gasteiger partial charge in [-0.1, -0.05) is 13.8 Å². The maximum atomic E-state index is 12.9. The second kappa shape index (κ2) is 7.53. The molecule has 0 radical (unpaired) electrons. The van der Waals surface area contributed by atoms with Crippen molar-refractivity contribution in [2.24, 2.45) is 0 Å². The van der Waals surface area contributed by atoms with E-state index in [1.807, 2.05) is 13.8 Å². The Hall–Kier alpha value is -2.44. The summed E-state index contributed by atoms with van der Waals surface area (Å²) in [4.78, 5) is 16.7. The molecule has 1 aliphatic rings. The largest absolute Gasteiger partial charge is 0.382 e. The van der Waals surface area contributed by atoms with Crippen LogP contribution in [-0.4, -0.2) is 41.1 Å². The molecule has 6 nitrogen and oxygen atoms in total. The SMILES string of the molecule is CC.Nc1cnc(N2CCN(c3ccc(F)cn3)CC2)cn1. The van der Waals surface area contributed by atoms with E-state index in [-0.39, 0.29) is 5.82 Å². The number of nitrogens with two attached hydrogens (primary N) is 1. The third-order valence-electron chi connectivity index (χ3n) is 3.30. The summed E-state index contributed by atoms with van der Waals surface area (Å²) in [6.45, 7) is 7.25. The van der Waals surface area contributed by atoms with E-state index in [0.717, 1.165) is 37.8 Å². The van der Waals surface area contributed by atoms with Crippen LogP contribution in [-0.2, 0) is 0 Å². The molecule has 1 fully saturated rings. The fourth-order valence-corrected chi connectivity index (χ4v) is 2.21. The summed E-state index contributed by atoms with van der Waals surface area (Å²) in [6.07, 6.45) is 4.48. The van der Waals surface area contributed by atoms with Crippen molar-refractivity contribution in [2.45, 2.75) is 13.8 Å². The fraction of sp³-hybridized carbons (Fsp3) is 0.400. The van der Waals surface area contributed by atoms with E-state index in [1.54, 1.807) is 18.5 Å². The van der Waals surface area contributed by atoms with E-state index in [4.69, 9.17) is 5.73 Å². The lowest BCUT2D eigenvalue weighted by Gasteiger charge is -2.35. The highest BCUT2D eigenvalue weighted by molar-refractivity contribution is 5.44. The molecular weight excluding hydrogens is 283 g/mol. The lowest BCUT2D eigenvalue weighted by molar-refractivity contribution is 0.614. The Morgan fingerprint density at radius 3 is 1.95 bits per heavy atom. The van der Waals surface area contributed by atoms with E-state index >= 15 is 0 Å². The van der Waals surface area contributed by atoms with Gasteiger partial charge in [0.15, 0.2) is 0 Å². The number of aromatic nitrogens is 3. The zero-order valence-corrected chi connectivity index (χ0v) is 12.9. The van der Waals surface area contributed by atoms with Gasteiger partial charge in [-0.15, -0.1) is 0 Å². The molecule has 2 N–H and O–H groups in total. The summed E-state index contributed by atoms with van der Waals surface area (Å²) in [5, 5.41) is 0. The van der Waals surface area contributed by atoms with Crippen LogP contribution in [0.25, 0.3) is 0 Å². The second-order valence-electron chi connectivity index (χ2n) is 4.61. The van der Waals surface area contributed by atoms with Gasteiger partial charge < -0.3 is 15.5 Å². The van der Waals surface area contributed by atoms with Gasteiger partial charge >= 0.3 is 0 Å². The molecule has 22 heavy (non-hydrogen) atoms. The Morgan fingerprint density at radius 2 is 1.45 bits per heavy atom. The number of nitrogens with zero attached hydrogens (tertiary/aromatic N) is 5. The lowest BCUT2D eigenvalue weighted by atomic mass is 10.3. The minimum absolute atomic E-state index is 0.315. The van der Waals surface area contributed by atoms with Crippen LogP contribution in [0.15, 0.2) is 30.7 Å². The third kappa shape index (κ3) is 3.81. The average molecular weight is 304 g/mol. The number of halogens is 1. The second-order valence-corrected chi connectivity index (χ2v) is 4.61. The molecule has 3 heterocycles. The van der Waals surface area contributed by atoms with Crippen molar-refractivity contribution in [1.82, 2.24) is 15.0 Å². The topological polar surface area (TPSA) is 71.2 Å². The van der Waals surface area contributed by atoms with Crippen LogP contribution >= 0.6 is 0 Å². The average Bonchev–Trinajstić information content (AvgIpc) is 2.58. The molecule has 1 aliphatic heterocycles. The molecule has 7 heteroatoms. The first kappa shape index (κ1) is 15.9. The van der Waals surface area contributed by atoms with Crippen LogP contribution in [0.4, 0.5) is 21.8 Å². The van der Waals surface area contributed by atoms with Crippen LogP contribution in [0.2, 0.25) is 0 Å². The molecule has 0 amide bonds. The van der Waals surface area contributed by atoms with Crippen molar-refractivity contribution in [3.63, 3.8) is 0 Å². The van der Waals surface area contributed by atoms with Crippen LogP contribution < -0.4 is 15.5 Å². The Morgan fingerprint density at radius 1 is 0.864 bits per heavy atom. The van der Waals surface area contributed by atoms with Crippen molar-refractivity contribution < 1.29 is 4.39 Å². The van der Waals surface area contributed by atoms with E-state index in [9.17, 15) is 4.39 Å². The molecule has 3 rings (SSSR count). The molecule has 0 bridgehead atoms. The smallest absolute Gasteiger partial charge is 0.147 e. The van der Waals surface area contributed by atoms with Gasteiger partial charge in [0.2, 0.25) is 0 Å². The van der Waals surface area contributed by atoms with Crippen molar-refractivity contribution in [3.8, 4) is 0 Å². The van der Waals surface area contributed by atoms with Crippen LogP contribution in [0.3, 0.4) is 0 Å². The number of piperazine rings is 1. The number of hydrogen-bond acceptors (Lipinski definition) is 6. The summed E-state index contributed by atoms with van der Waals surface area (Å²) >= 11 is 0. The summed E-state index contributed by atoms with van der Waals surface area (Å²) in [5.74, 6) is 1.73. The highest BCUT2D eigenvalue weighted by atomic mass is 19.1. The van der Waals surface area contributed by atoms with Crippen molar-refractivity contribution in [3.05, 3.63) is 36.5 Å². The van der Waals surface area contributed by atoms with Gasteiger partial charge in [0.1, 0.15) is 23.3 Å². The Kier molecular flexibility index (Phi) is 5.46. The van der Waals surface area contributed by atoms with Gasteiger partial charge in [-0.25, -0.2) is 19.3 Å². The quantitative estimate of drug-likeness (QED) is 0.914. The van der Waals surface area contributed by atoms with Gasteiger partial charge in [-0.2, -0.15) is 0 Å². The van der Waals surface area contributed by atoms with Crippen LogP contribution in [0.5, 0.6) is 0 Å². The molecule has 2 aromatic heterocycles. The van der Waals surface area contributed by atoms with E-state index in [0.29, 0.717) is 5.82 Å². The van der Waals surface area contributed by atoms with E-state index in [1.165, 1.54) is 12.3 Å². The highest BCUT2D eigenvalue weighted by Gasteiger charge is 2.19. The Balaban J connectivity index is 0.000000847. The molecule has 0 aromatic carbocycles. The van der Waals surface area contributed by atoms with Gasteiger partial charge in [-0.3, -0.25) is 0 Å². The summed E-state index contributed by atoms with van der Waals surface area (Å²) < 4.78 is 12.9. The summed E-state index contributed by atoms with van der Waals surface area (Å²) in [6, 6.07) is 3.13. The van der Waals surface area contributed by atoms with Crippen molar-refractivity contribution in [1.29, 1.82) is 0 Å². The zero-order chi connectivity index (χ0) is 15.9. The van der Waals surface area contributed by atoms with Crippen molar-refractivity contribution >= 4 is 17.5 Å². The van der Waals surface area contributed by atoms with Gasteiger partial charge in [-0.05, 0) is 12.1 Å². The Labute approximate surface area is 129 Å². The number of hydrogen-bond donors (Lipinski definition) is 1. The molecule has 0 spiro atoms. The van der Waals surface area contributed by atoms with Gasteiger partial charge in [0.25, 0.3) is 0 Å². The molecule has 0 aliphatic carbocycles. The molecular formula is C15H21FN6. The minimum atomic E-state index is -0.315. The fourth-order valence-electron chi connectivity index (χ4n) is 2.21. The van der Waals surface area contributed by atoms with Crippen LogP contribution in [0, 0.1) is 5.82 Å². The van der Waals surface area contributed by atoms with Gasteiger partial charge in [0.05, 0.1) is 18.6 Å². The van der Waals surface area contributed by atoms with E-state index < -0.39 is 0 Å². The molecule has 0 saturated carbocycles. The predicted octanol–water partition coefficient (Wildman–Crippen LogP) is 1.95. The molecule has 1 saturated heterocycles. The number of nitrogen functional groups attached to an aromatic ring is 1. The first-order valence-electron chi connectivity index (χ1n) is 7.41. The number of pyridine rings is 1. The predicted molar refractivity (Wildman–Crippen MR) is 86.4 cm³/mol. The number of rotatable bonds is 2. The van der Waals surface area contributed by atoms with Crippen molar-refractivity contribution in [2.75, 3.05) is 41.7 Å². The third-order valence-corrected chi connectivity index (χ3v) is 3.30. The first-order chi connectivity index (χ1) is 10.7. The van der Waals surface area contributed by atoms with E-state index in [2.05, 4.69) is 24.8 Å². The molecule has 2 aromatic rings. The lowest BCUT2D eigenvalue weighted by Crippen LogP contribution is -2.47. The van der Waals surface area contributed by atoms with Gasteiger partial charge in [0, 0.05) is 26.2 Å². The monoisotopic (exact) mass is 304 g/mol. The molecule has 0 unspecified atom stereocenters.